The lowest BCUT2D eigenvalue weighted by atomic mass is 9.92. The molecule has 5 nitrogen and oxygen atoms in total. The van der Waals surface area contributed by atoms with Crippen molar-refractivity contribution in [3.8, 4) is 0 Å². The molecule has 3 rings (SSSR count). The number of nitrogens with zero attached hydrogens (tertiary/aromatic N) is 1. The molecule has 1 fully saturated rings. The third kappa shape index (κ3) is 3.92. The second kappa shape index (κ2) is 7.74. The maximum Gasteiger partial charge on any atom is 0.254 e. The standard InChI is InChI=1S/C22H24N2O3/c1-14-9-10-15(2)19(12-14)20(25)17-7-3-4-8-18(17)22(27)24-11-5-6-16(13-24)21(23)26/h3-4,7-10,12,16H,5-6,11,13H2,1-2H3,(H2,23,26). The van der Waals surface area contributed by atoms with Crippen LogP contribution in [0.3, 0.4) is 0 Å². The second-order valence-electron chi connectivity index (χ2n) is 7.19. The largest absolute Gasteiger partial charge is 0.369 e. The molecule has 1 unspecified atom stereocenters. The van der Waals surface area contributed by atoms with Crippen molar-refractivity contribution in [2.24, 2.45) is 11.7 Å². The molecule has 0 aliphatic carbocycles. The lowest BCUT2D eigenvalue weighted by Gasteiger charge is -2.31. The maximum absolute atomic E-state index is 13.2. The SMILES string of the molecule is Cc1ccc(C)c(C(=O)c2ccccc2C(=O)N2CCCC(C(N)=O)C2)c1. The van der Waals surface area contributed by atoms with E-state index in [1.165, 1.54) is 0 Å². The molecule has 0 spiro atoms. The molecule has 5 heteroatoms. The van der Waals surface area contributed by atoms with Crippen LogP contribution in [0.1, 0.15) is 50.2 Å². The first kappa shape index (κ1) is 18.8. The van der Waals surface area contributed by atoms with Gasteiger partial charge in [0.05, 0.1) is 11.5 Å². The van der Waals surface area contributed by atoms with Gasteiger partial charge in [-0.3, -0.25) is 14.4 Å². The minimum atomic E-state index is -0.382. The van der Waals surface area contributed by atoms with Gasteiger partial charge in [0.15, 0.2) is 5.78 Å². The summed E-state index contributed by atoms with van der Waals surface area (Å²) in [7, 11) is 0. The lowest BCUT2D eigenvalue weighted by Crippen LogP contribution is -2.44. The van der Waals surface area contributed by atoms with Gasteiger partial charge in [-0.15, -0.1) is 0 Å². The van der Waals surface area contributed by atoms with Gasteiger partial charge in [-0.05, 0) is 44.4 Å². The van der Waals surface area contributed by atoms with Crippen LogP contribution >= 0.6 is 0 Å². The van der Waals surface area contributed by atoms with Gasteiger partial charge >= 0.3 is 0 Å². The number of likely N-dealkylation sites (tertiary alicyclic amines) is 1. The summed E-state index contributed by atoms with van der Waals surface area (Å²) in [5.41, 5.74) is 8.65. The smallest absolute Gasteiger partial charge is 0.254 e. The molecule has 27 heavy (non-hydrogen) atoms. The average Bonchev–Trinajstić information content (AvgIpc) is 2.68. The number of amides is 2. The molecule has 1 saturated heterocycles. The Morgan fingerprint density at radius 3 is 2.41 bits per heavy atom. The molecule has 1 aliphatic rings. The zero-order chi connectivity index (χ0) is 19.6. The van der Waals surface area contributed by atoms with E-state index in [-0.39, 0.29) is 23.5 Å². The van der Waals surface area contributed by atoms with Crippen LogP contribution in [0.2, 0.25) is 0 Å². The summed E-state index contributed by atoms with van der Waals surface area (Å²) < 4.78 is 0. The topological polar surface area (TPSA) is 80.5 Å². The number of hydrogen-bond donors (Lipinski definition) is 1. The molecule has 0 radical (unpaired) electrons. The highest BCUT2D eigenvalue weighted by Crippen LogP contribution is 2.23. The minimum Gasteiger partial charge on any atom is -0.369 e. The first-order chi connectivity index (χ1) is 12.9. The Kier molecular flexibility index (Phi) is 5.40. The summed E-state index contributed by atoms with van der Waals surface area (Å²) in [6, 6.07) is 12.6. The molecule has 140 valence electrons. The van der Waals surface area contributed by atoms with Crippen LogP contribution in [0.4, 0.5) is 0 Å². The van der Waals surface area contributed by atoms with E-state index in [0.717, 1.165) is 17.5 Å². The molecule has 1 atom stereocenters. The number of hydrogen-bond acceptors (Lipinski definition) is 3. The van der Waals surface area contributed by atoms with Crippen LogP contribution in [-0.2, 0) is 4.79 Å². The molecule has 2 aromatic rings. The van der Waals surface area contributed by atoms with E-state index in [0.29, 0.717) is 36.2 Å². The van der Waals surface area contributed by atoms with Crippen molar-refractivity contribution >= 4 is 17.6 Å². The predicted molar refractivity (Wildman–Crippen MR) is 104 cm³/mol. The van der Waals surface area contributed by atoms with Crippen molar-refractivity contribution < 1.29 is 14.4 Å². The number of carbonyl (C=O) groups is 3. The molecular formula is C22H24N2O3. The quantitative estimate of drug-likeness (QED) is 0.847. The van der Waals surface area contributed by atoms with E-state index >= 15 is 0 Å². The van der Waals surface area contributed by atoms with Gasteiger partial charge in [-0.1, -0.05) is 35.9 Å². The Balaban J connectivity index is 1.94. The summed E-state index contributed by atoms with van der Waals surface area (Å²) in [4.78, 5) is 39.4. The van der Waals surface area contributed by atoms with E-state index < -0.39 is 0 Å². The van der Waals surface area contributed by atoms with Crippen molar-refractivity contribution in [3.05, 3.63) is 70.3 Å². The van der Waals surface area contributed by atoms with Crippen LogP contribution in [0, 0.1) is 19.8 Å². The van der Waals surface area contributed by atoms with Crippen LogP contribution in [0.5, 0.6) is 0 Å². The van der Waals surface area contributed by atoms with Crippen LogP contribution < -0.4 is 5.73 Å². The van der Waals surface area contributed by atoms with Crippen molar-refractivity contribution in [1.82, 2.24) is 4.90 Å². The van der Waals surface area contributed by atoms with Gasteiger partial charge in [0, 0.05) is 24.2 Å². The summed E-state index contributed by atoms with van der Waals surface area (Å²) in [5, 5.41) is 0. The highest BCUT2D eigenvalue weighted by Gasteiger charge is 2.29. The molecule has 1 aliphatic heterocycles. The van der Waals surface area contributed by atoms with E-state index in [1.54, 1.807) is 29.2 Å². The summed E-state index contributed by atoms with van der Waals surface area (Å²) in [5.74, 6) is -1.10. The summed E-state index contributed by atoms with van der Waals surface area (Å²) >= 11 is 0. The number of piperidine rings is 1. The third-order valence-electron chi connectivity index (χ3n) is 5.15. The Hall–Kier alpha value is -2.95. The Morgan fingerprint density at radius 1 is 1.00 bits per heavy atom. The fourth-order valence-corrected chi connectivity index (χ4v) is 3.56. The molecule has 2 amide bonds. The minimum absolute atomic E-state index is 0.163. The molecular weight excluding hydrogens is 340 g/mol. The molecule has 0 bridgehead atoms. The van der Waals surface area contributed by atoms with Crippen LogP contribution in [0.15, 0.2) is 42.5 Å². The van der Waals surface area contributed by atoms with Gasteiger partial charge < -0.3 is 10.6 Å². The molecule has 2 aromatic carbocycles. The first-order valence-corrected chi connectivity index (χ1v) is 9.18. The maximum atomic E-state index is 13.2. The van der Waals surface area contributed by atoms with E-state index in [9.17, 15) is 14.4 Å². The molecule has 0 aromatic heterocycles. The highest BCUT2D eigenvalue weighted by molar-refractivity contribution is 6.16. The predicted octanol–water partition coefficient (Wildman–Crippen LogP) is 2.87. The number of aryl methyl sites for hydroxylation is 2. The van der Waals surface area contributed by atoms with Gasteiger partial charge in [0.2, 0.25) is 5.91 Å². The Labute approximate surface area is 159 Å². The average molecular weight is 364 g/mol. The number of carbonyl (C=O) groups excluding carboxylic acids is 3. The van der Waals surface area contributed by atoms with Crippen LogP contribution in [-0.4, -0.2) is 35.6 Å². The molecule has 1 heterocycles. The number of benzene rings is 2. The highest BCUT2D eigenvalue weighted by atomic mass is 16.2. The summed E-state index contributed by atoms with van der Waals surface area (Å²) in [6.45, 7) is 4.69. The van der Waals surface area contributed by atoms with Crippen molar-refractivity contribution in [2.45, 2.75) is 26.7 Å². The fourth-order valence-electron chi connectivity index (χ4n) is 3.56. The number of primary amides is 1. The van der Waals surface area contributed by atoms with Gasteiger partial charge in [-0.2, -0.15) is 0 Å². The first-order valence-electron chi connectivity index (χ1n) is 9.18. The van der Waals surface area contributed by atoms with E-state index in [4.69, 9.17) is 5.73 Å². The van der Waals surface area contributed by atoms with Crippen LogP contribution in [0.25, 0.3) is 0 Å². The third-order valence-corrected chi connectivity index (χ3v) is 5.15. The zero-order valence-electron chi connectivity index (χ0n) is 15.7. The van der Waals surface area contributed by atoms with Crippen molar-refractivity contribution in [3.63, 3.8) is 0 Å². The number of rotatable bonds is 4. The van der Waals surface area contributed by atoms with Crippen molar-refractivity contribution in [1.29, 1.82) is 0 Å². The fraction of sp³-hybridized carbons (Fsp3) is 0.318. The zero-order valence-corrected chi connectivity index (χ0v) is 15.7. The summed E-state index contributed by atoms with van der Waals surface area (Å²) in [6.07, 6.45) is 1.43. The van der Waals surface area contributed by atoms with E-state index in [2.05, 4.69) is 0 Å². The molecule has 2 N–H and O–H groups in total. The van der Waals surface area contributed by atoms with Crippen molar-refractivity contribution in [2.75, 3.05) is 13.1 Å². The molecule has 0 saturated carbocycles. The van der Waals surface area contributed by atoms with Gasteiger partial charge in [-0.25, -0.2) is 0 Å². The van der Waals surface area contributed by atoms with Gasteiger partial charge in [0.1, 0.15) is 0 Å². The second-order valence-corrected chi connectivity index (χ2v) is 7.19. The Morgan fingerprint density at radius 2 is 1.70 bits per heavy atom. The normalized spacial score (nSPS) is 16.8. The number of nitrogens with two attached hydrogens (primary N) is 1. The number of ketones is 1. The monoisotopic (exact) mass is 364 g/mol. The van der Waals surface area contributed by atoms with Gasteiger partial charge in [0.25, 0.3) is 5.91 Å². The Bertz CT molecular complexity index is 904. The van der Waals surface area contributed by atoms with E-state index in [1.807, 2.05) is 32.0 Å². The lowest BCUT2D eigenvalue weighted by molar-refractivity contribution is -0.123.